The van der Waals surface area contributed by atoms with Crippen molar-refractivity contribution in [2.75, 3.05) is 18.8 Å². The van der Waals surface area contributed by atoms with Gasteiger partial charge in [-0.1, -0.05) is 6.07 Å². The molecule has 1 saturated carbocycles. The van der Waals surface area contributed by atoms with Crippen molar-refractivity contribution < 1.29 is 9.90 Å². The smallest absolute Gasteiger partial charge is 0.225 e. The molecule has 2 aliphatic rings. The first-order valence-corrected chi connectivity index (χ1v) is 8.34. The third-order valence-corrected chi connectivity index (χ3v) is 5.04. The van der Waals surface area contributed by atoms with Crippen LogP contribution < -0.4 is 5.73 Å². The van der Waals surface area contributed by atoms with E-state index in [4.69, 9.17) is 5.73 Å². The Hall–Kier alpha value is -1.55. The zero-order chi connectivity index (χ0) is 15.7. The summed E-state index contributed by atoms with van der Waals surface area (Å²) in [5, 5.41) is 9.52. The SMILES string of the molecule is Cc1cc(N)cc(CC2CC(C(=O)N3CCC(O)CC3)C2)c1. The number of amides is 1. The number of piperidine rings is 1. The van der Waals surface area contributed by atoms with Gasteiger partial charge in [-0.15, -0.1) is 0 Å². The predicted molar refractivity (Wildman–Crippen MR) is 87.3 cm³/mol. The summed E-state index contributed by atoms with van der Waals surface area (Å²) in [5.74, 6) is 1.10. The van der Waals surface area contributed by atoms with Crippen LogP contribution in [0.5, 0.6) is 0 Å². The molecule has 0 bridgehead atoms. The van der Waals surface area contributed by atoms with Gasteiger partial charge in [0.2, 0.25) is 5.91 Å². The first-order valence-electron chi connectivity index (χ1n) is 8.34. The van der Waals surface area contributed by atoms with E-state index in [-0.39, 0.29) is 12.0 Å². The highest BCUT2D eigenvalue weighted by Gasteiger charge is 2.37. The van der Waals surface area contributed by atoms with Gasteiger partial charge in [-0.2, -0.15) is 0 Å². The van der Waals surface area contributed by atoms with Crippen molar-refractivity contribution in [1.82, 2.24) is 4.90 Å². The molecule has 0 radical (unpaired) electrons. The van der Waals surface area contributed by atoms with Crippen molar-refractivity contribution in [1.29, 1.82) is 0 Å². The fraction of sp³-hybridized carbons (Fsp3) is 0.611. The lowest BCUT2D eigenvalue weighted by atomic mass is 9.71. The number of aliphatic hydroxyl groups excluding tert-OH is 1. The monoisotopic (exact) mass is 302 g/mol. The van der Waals surface area contributed by atoms with E-state index in [0.717, 1.165) is 50.9 Å². The summed E-state index contributed by atoms with van der Waals surface area (Å²) in [6.07, 6.45) is 4.24. The van der Waals surface area contributed by atoms with Crippen LogP contribution in [0.25, 0.3) is 0 Å². The van der Waals surface area contributed by atoms with Crippen LogP contribution >= 0.6 is 0 Å². The van der Waals surface area contributed by atoms with E-state index in [0.29, 0.717) is 11.8 Å². The fourth-order valence-corrected chi connectivity index (χ4v) is 3.79. The van der Waals surface area contributed by atoms with E-state index in [1.807, 2.05) is 17.0 Å². The van der Waals surface area contributed by atoms with Crippen molar-refractivity contribution in [3.8, 4) is 0 Å². The predicted octanol–water partition coefficient (Wildman–Crippen LogP) is 2.13. The van der Waals surface area contributed by atoms with Crippen LogP contribution in [0, 0.1) is 18.8 Å². The Balaban J connectivity index is 1.48. The minimum Gasteiger partial charge on any atom is -0.399 e. The van der Waals surface area contributed by atoms with E-state index in [1.54, 1.807) is 0 Å². The van der Waals surface area contributed by atoms with Crippen LogP contribution in [-0.2, 0) is 11.2 Å². The number of likely N-dealkylation sites (tertiary alicyclic amines) is 1. The van der Waals surface area contributed by atoms with Gasteiger partial charge in [0.25, 0.3) is 0 Å². The van der Waals surface area contributed by atoms with E-state index < -0.39 is 0 Å². The highest BCUT2D eigenvalue weighted by atomic mass is 16.3. The van der Waals surface area contributed by atoms with Crippen LogP contribution in [0.3, 0.4) is 0 Å². The minimum atomic E-state index is -0.218. The lowest BCUT2D eigenvalue weighted by molar-refractivity contribution is -0.142. The Bertz CT molecular complexity index is 524. The largest absolute Gasteiger partial charge is 0.399 e. The molecule has 3 rings (SSSR count). The van der Waals surface area contributed by atoms with E-state index in [9.17, 15) is 9.90 Å². The Labute approximate surface area is 132 Å². The average Bonchev–Trinajstić information content (AvgIpc) is 2.41. The molecule has 1 heterocycles. The number of hydrogen-bond acceptors (Lipinski definition) is 3. The molecule has 4 nitrogen and oxygen atoms in total. The van der Waals surface area contributed by atoms with Gasteiger partial charge < -0.3 is 15.7 Å². The molecule has 22 heavy (non-hydrogen) atoms. The van der Waals surface area contributed by atoms with Crippen molar-refractivity contribution >= 4 is 11.6 Å². The van der Waals surface area contributed by atoms with E-state index in [1.165, 1.54) is 11.1 Å². The molecule has 0 aromatic heterocycles. The molecule has 1 aliphatic heterocycles. The molecule has 4 heteroatoms. The molecular formula is C18H26N2O2. The number of aryl methyl sites for hydroxylation is 1. The number of hydrogen-bond donors (Lipinski definition) is 2. The lowest BCUT2D eigenvalue weighted by Crippen LogP contribution is -2.46. The van der Waals surface area contributed by atoms with Crippen LogP contribution in [0.1, 0.15) is 36.8 Å². The van der Waals surface area contributed by atoms with Crippen molar-refractivity contribution in [3.05, 3.63) is 29.3 Å². The molecule has 120 valence electrons. The van der Waals surface area contributed by atoms with Crippen molar-refractivity contribution in [3.63, 3.8) is 0 Å². The Morgan fingerprint density at radius 2 is 1.95 bits per heavy atom. The summed E-state index contributed by atoms with van der Waals surface area (Å²) in [4.78, 5) is 14.4. The molecule has 3 N–H and O–H groups in total. The quantitative estimate of drug-likeness (QED) is 0.841. The van der Waals surface area contributed by atoms with Gasteiger partial charge in [0.05, 0.1) is 6.10 Å². The van der Waals surface area contributed by atoms with Crippen molar-refractivity contribution in [2.45, 2.75) is 45.1 Å². The maximum atomic E-state index is 12.4. The highest BCUT2D eigenvalue weighted by Crippen LogP contribution is 2.38. The van der Waals surface area contributed by atoms with Gasteiger partial charge in [0.15, 0.2) is 0 Å². The first kappa shape index (κ1) is 15.3. The molecule has 2 fully saturated rings. The number of nitrogen functional groups attached to an aromatic ring is 1. The molecule has 0 atom stereocenters. The number of nitrogens with zero attached hydrogens (tertiary/aromatic N) is 1. The molecule has 1 saturated heterocycles. The zero-order valence-corrected chi connectivity index (χ0v) is 13.3. The third kappa shape index (κ3) is 3.43. The van der Waals surface area contributed by atoms with Crippen molar-refractivity contribution in [2.24, 2.45) is 11.8 Å². The van der Waals surface area contributed by atoms with Crippen LogP contribution in [0.2, 0.25) is 0 Å². The van der Waals surface area contributed by atoms with Gasteiger partial charge in [0, 0.05) is 24.7 Å². The standard InChI is InChI=1S/C18H26N2O2/c1-12-6-13(11-16(19)7-12)8-14-9-15(10-14)18(22)20-4-2-17(21)3-5-20/h6-7,11,14-15,17,21H,2-5,8-10,19H2,1H3. The second-order valence-electron chi connectivity index (χ2n) is 7.05. The molecular weight excluding hydrogens is 276 g/mol. The zero-order valence-electron chi connectivity index (χ0n) is 13.3. The molecule has 0 spiro atoms. The van der Waals surface area contributed by atoms with Gasteiger partial charge in [0.1, 0.15) is 0 Å². The fourth-order valence-electron chi connectivity index (χ4n) is 3.79. The summed E-state index contributed by atoms with van der Waals surface area (Å²) in [6, 6.07) is 6.23. The lowest BCUT2D eigenvalue weighted by Gasteiger charge is -2.39. The second-order valence-corrected chi connectivity index (χ2v) is 7.05. The van der Waals surface area contributed by atoms with Gasteiger partial charge in [-0.05, 0) is 68.2 Å². The summed E-state index contributed by atoms with van der Waals surface area (Å²) in [5.41, 5.74) is 9.21. The number of carbonyl (C=O) groups excluding carboxylic acids is 1. The Morgan fingerprint density at radius 3 is 2.59 bits per heavy atom. The van der Waals surface area contributed by atoms with Crippen LogP contribution in [-0.4, -0.2) is 35.1 Å². The topological polar surface area (TPSA) is 66.6 Å². The number of carbonyl (C=O) groups is 1. The number of anilines is 1. The summed E-state index contributed by atoms with van der Waals surface area (Å²) in [6.45, 7) is 3.50. The summed E-state index contributed by atoms with van der Waals surface area (Å²) < 4.78 is 0. The van der Waals surface area contributed by atoms with Gasteiger partial charge >= 0.3 is 0 Å². The number of rotatable bonds is 3. The van der Waals surface area contributed by atoms with Gasteiger partial charge in [-0.25, -0.2) is 0 Å². The molecule has 0 unspecified atom stereocenters. The maximum absolute atomic E-state index is 12.4. The first-order chi connectivity index (χ1) is 10.5. The molecule has 1 amide bonds. The Morgan fingerprint density at radius 1 is 1.27 bits per heavy atom. The van der Waals surface area contributed by atoms with E-state index in [2.05, 4.69) is 13.0 Å². The van der Waals surface area contributed by atoms with Gasteiger partial charge in [-0.3, -0.25) is 4.79 Å². The number of nitrogens with two attached hydrogens (primary N) is 1. The number of aliphatic hydroxyl groups is 1. The summed E-state index contributed by atoms with van der Waals surface area (Å²) in [7, 11) is 0. The molecule has 1 aromatic carbocycles. The third-order valence-electron chi connectivity index (χ3n) is 5.04. The number of benzene rings is 1. The average molecular weight is 302 g/mol. The molecule has 1 aliphatic carbocycles. The molecule has 1 aromatic rings. The normalized spacial score (nSPS) is 25.8. The maximum Gasteiger partial charge on any atom is 0.225 e. The van der Waals surface area contributed by atoms with Crippen LogP contribution in [0.4, 0.5) is 5.69 Å². The minimum absolute atomic E-state index is 0.197. The Kier molecular flexibility index (Phi) is 4.39. The highest BCUT2D eigenvalue weighted by molar-refractivity contribution is 5.79. The second kappa shape index (κ2) is 6.29. The summed E-state index contributed by atoms with van der Waals surface area (Å²) >= 11 is 0. The van der Waals surface area contributed by atoms with E-state index >= 15 is 0 Å². The van der Waals surface area contributed by atoms with Crippen LogP contribution in [0.15, 0.2) is 18.2 Å².